The molecule has 3 heterocycles. The fourth-order valence-electron chi connectivity index (χ4n) is 6.02. The van der Waals surface area contributed by atoms with E-state index in [4.69, 9.17) is 0 Å². The summed E-state index contributed by atoms with van der Waals surface area (Å²) in [5.74, 6) is 0.417. The van der Waals surface area contributed by atoms with Crippen molar-refractivity contribution in [2.75, 3.05) is 26.2 Å². The van der Waals surface area contributed by atoms with E-state index in [2.05, 4.69) is 61.3 Å². The molecule has 2 aromatic carbocycles. The second-order valence-corrected chi connectivity index (χ2v) is 12.3. The Morgan fingerprint density at radius 1 is 1.05 bits per heavy atom. The fraction of sp³-hybridized carbons (Fsp3) is 0.438. The van der Waals surface area contributed by atoms with Gasteiger partial charge in [0, 0.05) is 30.1 Å². The Labute approximate surface area is 230 Å². The number of hydrogen-bond acceptors (Lipinski definition) is 4. The van der Waals surface area contributed by atoms with E-state index in [1.807, 2.05) is 40.6 Å². The predicted octanol–water partition coefficient (Wildman–Crippen LogP) is 6.02. The number of fused-ring (bicyclic) bond motifs is 1. The highest BCUT2D eigenvalue weighted by molar-refractivity contribution is 7.10. The van der Waals surface area contributed by atoms with Crippen LogP contribution in [0.2, 0.25) is 0 Å². The highest BCUT2D eigenvalue weighted by Crippen LogP contribution is 2.44. The average Bonchev–Trinajstić information content (AvgIpc) is 3.44. The van der Waals surface area contributed by atoms with Gasteiger partial charge in [-0.25, -0.2) is 0 Å². The van der Waals surface area contributed by atoms with Crippen molar-refractivity contribution in [3.63, 3.8) is 0 Å². The number of amides is 2. The van der Waals surface area contributed by atoms with Gasteiger partial charge in [0.1, 0.15) is 0 Å². The summed E-state index contributed by atoms with van der Waals surface area (Å²) in [4.78, 5) is 33.1. The minimum absolute atomic E-state index is 0.0257. The molecule has 1 saturated heterocycles. The topological polar surface area (TPSA) is 52.7 Å². The van der Waals surface area contributed by atoms with Crippen molar-refractivity contribution in [3.8, 4) is 0 Å². The van der Waals surface area contributed by atoms with E-state index in [0.717, 1.165) is 42.9 Å². The van der Waals surface area contributed by atoms with Gasteiger partial charge in [-0.2, -0.15) is 0 Å². The molecule has 3 aromatic rings. The molecule has 0 unspecified atom stereocenters. The zero-order valence-corrected chi connectivity index (χ0v) is 23.5. The van der Waals surface area contributed by atoms with Crippen LogP contribution in [0.15, 0.2) is 66.0 Å². The molecule has 200 valence electrons. The lowest BCUT2D eigenvalue weighted by molar-refractivity contribution is -0.124. The van der Waals surface area contributed by atoms with Gasteiger partial charge < -0.3 is 10.2 Å². The van der Waals surface area contributed by atoms with E-state index in [-0.39, 0.29) is 17.9 Å². The summed E-state index contributed by atoms with van der Waals surface area (Å²) < 4.78 is 0. The molecule has 0 radical (unpaired) electrons. The maximum atomic E-state index is 13.9. The zero-order valence-electron chi connectivity index (χ0n) is 22.7. The van der Waals surface area contributed by atoms with Crippen molar-refractivity contribution in [2.45, 2.75) is 52.1 Å². The number of hydrogen-bond donors (Lipinski definition) is 1. The zero-order chi connectivity index (χ0) is 26.6. The first-order valence-corrected chi connectivity index (χ1v) is 14.8. The van der Waals surface area contributed by atoms with E-state index >= 15 is 0 Å². The van der Waals surface area contributed by atoms with Crippen LogP contribution in [0.3, 0.4) is 0 Å². The predicted molar refractivity (Wildman–Crippen MR) is 154 cm³/mol. The number of thiophene rings is 1. The monoisotopic (exact) mass is 529 g/mol. The van der Waals surface area contributed by atoms with Crippen LogP contribution in [-0.2, 0) is 11.3 Å². The molecule has 2 atom stereocenters. The fourth-order valence-corrected chi connectivity index (χ4v) is 6.89. The normalized spacial score (nSPS) is 20.5. The molecule has 6 heteroatoms. The van der Waals surface area contributed by atoms with Gasteiger partial charge in [-0.3, -0.25) is 14.5 Å². The molecule has 0 saturated carbocycles. The number of benzene rings is 2. The number of nitrogens with zero attached hydrogens (tertiary/aromatic N) is 2. The second-order valence-electron chi connectivity index (χ2n) is 11.3. The van der Waals surface area contributed by atoms with Gasteiger partial charge in [-0.1, -0.05) is 67.9 Å². The van der Waals surface area contributed by atoms with Gasteiger partial charge in [-0.15, -0.1) is 11.3 Å². The van der Waals surface area contributed by atoms with Crippen LogP contribution in [0.25, 0.3) is 0 Å². The van der Waals surface area contributed by atoms with Crippen molar-refractivity contribution >= 4 is 23.2 Å². The molecule has 2 aliphatic heterocycles. The van der Waals surface area contributed by atoms with Crippen molar-refractivity contribution in [2.24, 2.45) is 11.8 Å². The maximum absolute atomic E-state index is 13.9. The smallest absolute Gasteiger partial charge is 0.254 e. The Kier molecular flexibility index (Phi) is 8.29. The highest BCUT2D eigenvalue weighted by Gasteiger charge is 2.44. The largest absolute Gasteiger partial charge is 0.355 e. The molecule has 0 bridgehead atoms. The Morgan fingerprint density at radius 2 is 1.84 bits per heavy atom. The summed E-state index contributed by atoms with van der Waals surface area (Å²) >= 11 is 1.63. The van der Waals surface area contributed by atoms with Gasteiger partial charge in [0.05, 0.1) is 12.0 Å². The molecule has 5 rings (SSSR count). The molecule has 2 amide bonds. The first-order valence-electron chi connectivity index (χ1n) is 13.9. The molecule has 0 aliphatic carbocycles. The summed E-state index contributed by atoms with van der Waals surface area (Å²) in [6, 6.07) is 20.2. The molecule has 1 N–H and O–H groups in total. The number of likely N-dealkylation sites (tertiary alicyclic amines) is 1. The lowest BCUT2D eigenvalue weighted by atomic mass is 9.81. The van der Waals surface area contributed by atoms with Crippen molar-refractivity contribution in [3.05, 3.63) is 93.2 Å². The third kappa shape index (κ3) is 5.87. The van der Waals surface area contributed by atoms with E-state index in [9.17, 15) is 9.59 Å². The van der Waals surface area contributed by atoms with Gasteiger partial charge in [-0.05, 0) is 73.3 Å². The quantitative estimate of drug-likeness (QED) is 0.388. The first kappa shape index (κ1) is 26.6. The van der Waals surface area contributed by atoms with E-state index in [1.165, 1.54) is 11.1 Å². The van der Waals surface area contributed by atoms with Crippen molar-refractivity contribution < 1.29 is 9.59 Å². The molecule has 38 heavy (non-hydrogen) atoms. The van der Waals surface area contributed by atoms with Crippen LogP contribution in [0, 0.1) is 18.8 Å². The lowest BCUT2D eigenvalue weighted by Crippen LogP contribution is -2.49. The summed E-state index contributed by atoms with van der Waals surface area (Å²) in [7, 11) is 0. The Balaban J connectivity index is 1.28. The summed E-state index contributed by atoms with van der Waals surface area (Å²) in [5, 5.41) is 5.36. The van der Waals surface area contributed by atoms with Crippen LogP contribution in [0.5, 0.6) is 0 Å². The third-order valence-electron chi connectivity index (χ3n) is 7.88. The van der Waals surface area contributed by atoms with E-state index in [0.29, 0.717) is 30.5 Å². The van der Waals surface area contributed by atoms with E-state index in [1.54, 1.807) is 11.3 Å². The average molecular weight is 530 g/mol. The summed E-state index contributed by atoms with van der Waals surface area (Å²) in [6.45, 7) is 10.8. The van der Waals surface area contributed by atoms with Crippen LogP contribution >= 0.6 is 11.3 Å². The van der Waals surface area contributed by atoms with Crippen LogP contribution in [0.1, 0.15) is 70.6 Å². The second kappa shape index (κ2) is 11.8. The molecule has 1 fully saturated rings. The van der Waals surface area contributed by atoms with Gasteiger partial charge >= 0.3 is 0 Å². The Hall–Kier alpha value is -2.96. The first-order chi connectivity index (χ1) is 18.4. The summed E-state index contributed by atoms with van der Waals surface area (Å²) in [6.07, 6.45) is 2.17. The number of nitrogens with one attached hydrogen (secondary N) is 1. The van der Waals surface area contributed by atoms with Gasteiger partial charge in [0.2, 0.25) is 5.91 Å². The summed E-state index contributed by atoms with van der Waals surface area (Å²) in [5.41, 5.74) is 4.18. The van der Waals surface area contributed by atoms with Crippen molar-refractivity contribution in [1.82, 2.24) is 15.1 Å². The number of aryl methyl sites for hydroxylation is 1. The Morgan fingerprint density at radius 3 is 2.55 bits per heavy atom. The van der Waals surface area contributed by atoms with Crippen LogP contribution < -0.4 is 5.32 Å². The molecule has 1 aromatic heterocycles. The molecule has 5 nitrogen and oxygen atoms in total. The molecular weight excluding hydrogens is 490 g/mol. The van der Waals surface area contributed by atoms with E-state index < -0.39 is 5.92 Å². The molecule has 2 aliphatic rings. The minimum Gasteiger partial charge on any atom is -0.355 e. The SMILES string of the molecule is Cc1cccc(CN2CCC(CNC(=O)[C@H]3c4ccccc4C(=O)N(CC(C)C)[C@H]3c3cccs3)CC2)c1. The number of carbonyl (C=O) groups is 2. The number of piperidine rings is 1. The van der Waals surface area contributed by atoms with Gasteiger partial charge in [0.25, 0.3) is 5.91 Å². The minimum atomic E-state index is -0.414. The lowest BCUT2D eigenvalue weighted by Gasteiger charge is -2.42. The Bertz CT molecular complexity index is 1250. The number of rotatable bonds is 8. The third-order valence-corrected chi connectivity index (χ3v) is 8.82. The highest BCUT2D eigenvalue weighted by atomic mass is 32.1. The van der Waals surface area contributed by atoms with Crippen LogP contribution in [0.4, 0.5) is 0 Å². The number of carbonyl (C=O) groups excluding carboxylic acids is 2. The van der Waals surface area contributed by atoms with Crippen LogP contribution in [-0.4, -0.2) is 47.8 Å². The maximum Gasteiger partial charge on any atom is 0.254 e. The molecule has 0 spiro atoms. The van der Waals surface area contributed by atoms with Gasteiger partial charge in [0.15, 0.2) is 0 Å². The molecular formula is C32H39N3O2S. The standard InChI is InChI=1S/C32H39N3O2S/c1-22(2)20-35-30(28-12-7-17-38-28)29(26-10-4-5-11-27(26)32(35)37)31(36)33-19-24-13-15-34(16-14-24)21-25-9-6-8-23(3)18-25/h4-12,17-18,22,24,29-30H,13-16,19-21H2,1-3H3,(H,33,36)/t29-,30-/m0/s1. The van der Waals surface area contributed by atoms with Crippen molar-refractivity contribution in [1.29, 1.82) is 0 Å².